The molecule has 0 aliphatic heterocycles. The van der Waals surface area contributed by atoms with Gasteiger partial charge in [-0.1, -0.05) is 37.3 Å². The lowest BCUT2D eigenvalue weighted by Gasteiger charge is -2.30. The van der Waals surface area contributed by atoms with Crippen LogP contribution in [0, 0.1) is 5.82 Å². The van der Waals surface area contributed by atoms with Crippen LogP contribution in [-0.2, 0) is 11.2 Å². The third kappa shape index (κ3) is 6.91. The molecule has 2 N–H and O–H groups in total. The van der Waals surface area contributed by atoms with Gasteiger partial charge in [0.1, 0.15) is 11.9 Å². The summed E-state index contributed by atoms with van der Waals surface area (Å²) in [6.07, 6.45) is 0.363. The Morgan fingerprint density at radius 1 is 0.939 bits per heavy atom. The third-order valence-electron chi connectivity index (χ3n) is 5.10. The van der Waals surface area contributed by atoms with Gasteiger partial charge in [0, 0.05) is 35.7 Å². The van der Waals surface area contributed by atoms with Gasteiger partial charge in [-0.05, 0) is 73.0 Å². The molecule has 1 atom stereocenters. The number of likely N-dealkylation sites (N-methyl/N-ethyl adjacent to an activating group) is 1. The largest absolute Gasteiger partial charge is 0.327 e. The van der Waals surface area contributed by atoms with Gasteiger partial charge in [0.15, 0.2) is 0 Å². The molecule has 0 fully saturated rings. The minimum atomic E-state index is -0.731. The van der Waals surface area contributed by atoms with E-state index in [-0.39, 0.29) is 11.8 Å². The van der Waals surface area contributed by atoms with Gasteiger partial charge in [-0.15, -0.1) is 0 Å². The number of benzene rings is 3. The maximum Gasteiger partial charge on any atom is 0.254 e. The van der Waals surface area contributed by atoms with Crippen molar-refractivity contribution in [3.8, 4) is 0 Å². The van der Waals surface area contributed by atoms with Gasteiger partial charge in [0.05, 0.1) is 0 Å². The molecule has 0 bridgehead atoms. The number of carbonyl (C=O) groups is 2. The molecule has 0 radical (unpaired) electrons. The molecule has 0 saturated heterocycles. The Labute approximate surface area is 198 Å². The van der Waals surface area contributed by atoms with Crippen LogP contribution in [0.15, 0.2) is 83.8 Å². The summed E-state index contributed by atoms with van der Waals surface area (Å²) in [4.78, 5) is 29.2. The normalized spacial score (nSPS) is 11.6. The fraction of sp³-hybridized carbons (Fsp3) is 0.231. The van der Waals surface area contributed by atoms with Crippen molar-refractivity contribution in [1.82, 2.24) is 9.62 Å². The monoisotopic (exact) mass is 465 g/mol. The fourth-order valence-electron chi connectivity index (χ4n) is 3.43. The summed E-state index contributed by atoms with van der Waals surface area (Å²) in [6.45, 7) is 5.04. The van der Waals surface area contributed by atoms with Crippen LogP contribution in [0.3, 0.4) is 0 Å². The molecule has 0 aromatic heterocycles. The first kappa shape index (κ1) is 24.5. The van der Waals surface area contributed by atoms with Crippen LogP contribution in [0.5, 0.6) is 0 Å². The van der Waals surface area contributed by atoms with E-state index in [2.05, 4.69) is 10.0 Å². The highest BCUT2D eigenvalue weighted by Gasteiger charge is 2.30. The van der Waals surface area contributed by atoms with Gasteiger partial charge in [-0.25, -0.2) is 4.39 Å². The predicted octanol–water partition coefficient (Wildman–Crippen LogP) is 5.15. The Hall–Kier alpha value is -3.16. The van der Waals surface area contributed by atoms with Crippen LogP contribution in [0.4, 0.5) is 10.1 Å². The molecule has 0 aliphatic rings. The van der Waals surface area contributed by atoms with Gasteiger partial charge >= 0.3 is 0 Å². The molecule has 0 unspecified atom stereocenters. The molecule has 33 heavy (non-hydrogen) atoms. The molecular weight excluding hydrogens is 437 g/mol. The molecule has 0 saturated carbocycles. The number of amides is 2. The van der Waals surface area contributed by atoms with E-state index < -0.39 is 11.9 Å². The molecular formula is C26H28FN3O2S. The van der Waals surface area contributed by atoms with Crippen LogP contribution < -0.4 is 10.0 Å². The van der Waals surface area contributed by atoms with Gasteiger partial charge in [0.25, 0.3) is 5.91 Å². The van der Waals surface area contributed by atoms with Gasteiger partial charge in [0.2, 0.25) is 5.91 Å². The van der Waals surface area contributed by atoms with Crippen molar-refractivity contribution in [2.75, 3.05) is 18.4 Å². The maximum absolute atomic E-state index is 13.4. The number of carbonyl (C=O) groups excluding carboxylic acids is 2. The second kappa shape index (κ2) is 12.2. The Morgan fingerprint density at radius 3 is 2.21 bits per heavy atom. The van der Waals surface area contributed by atoms with Crippen LogP contribution in [-0.4, -0.2) is 35.8 Å². The molecule has 2 amide bonds. The Bertz CT molecular complexity index is 1040. The van der Waals surface area contributed by atoms with E-state index in [9.17, 15) is 14.0 Å². The minimum Gasteiger partial charge on any atom is -0.327 e. The number of nitrogens with one attached hydrogen (secondary N) is 2. The lowest BCUT2D eigenvalue weighted by molar-refractivity contribution is -0.120. The lowest BCUT2D eigenvalue weighted by atomic mass is 10.0. The van der Waals surface area contributed by atoms with E-state index in [1.165, 1.54) is 41.1 Å². The van der Waals surface area contributed by atoms with E-state index in [1.54, 1.807) is 0 Å². The van der Waals surface area contributed by atoms with Crippen molar-refractivity contribution >= 4 is 29.4 Å². The van der Waals surface area contributed by atoms with E-state index in [4.69, 9.17) is 0 Å². The lowest BCUT2D eigenvalue weighted by Crippen LogP contribution is -2.48. The number of hydrogen-bond acceptors (Lipinski definition) is 4. The maximum atomic E-state index is 13.4. The van der Waals surface area contributed by atoms with Crippen LogP contribution in [0.1, 0.15) is 29.8 Å². The Balaban J connectivity index is 1.83. The van der Waals surface area contributed by atoms with E-state index in [1.807, 2.05) is 68.4 Å². The summed E-state index contributed by atoms with van der Waals surface area (Å²) in [5, 5.41) is 2.95. The highest BCUT2D eigenvalue weighted by Crippen LogP contribution is 2.20. The molecule has 7 heteroatoms. The number of halogens is 1. The fourth-order valence-corrected chi connectivity index (χ4v) is 4.02. The van der Waals surface area contributed by atoms with E-state index in [0.717, 1.165) is 17.0 Å². The molecule has 3 aromatic carbocycles. The van der Waals surface area contributed by atoms with Gasteiger partial charge < -0.3 is 10.2 Å². The highest BCUT2D eigenvalue weighted by atomic mass is 32.2. The van der Waals surface area contributed by atoms with Crippen LogP contribution >= 0.6 is 11.9 Å². The first-order valence-corrected chi connectivity index (χ1v) is 11.7. The smallest absolute Gasteiger partial charge is 0.254 e. The molecule has 0 spiro atoms. The van der Waals surface area contributed by atoms with Gasteiger partial charge in [-0.3, -0.25) is 14.3 Å². The zero-order chi connectivity index (χ0) is 23.6. The Morgan fingerprint density at radius 2 is 1.61 bits per heavy atom. The average molecular weight is 466 g/mol. The first-order chi connectivity index (χ1) is 16.0. The standard InChI is InChI=1S/C26H28FN3O2S/c1-3-28-33-23-16-14-22(15-17-23)29-25(31)24(18-19-8-6-5-7-9-19)30(4-2)26(32)20-10-12-21(27)13-11-20/h5-17,24,28H,3-4,18H2,1-2H3,(H,29,31)/t24-/m0/s1. The van der Waals surface area contributed by atoms with Crippen molar-refractivity contribution in [2.45, 2.75) is 31.2 Å². The van der Waals surface area contributed by atoms with E-state index in [0.29, 0.717) is 24.2 Å². The summed E-state index contributed by atoms with van der Waals surface area (Å²) >= 11 is 1.52. The van der Waals surface area contributed by atoms with Crippen molar-refractivity contribution in [3.05, 3.63) is 95.8 Å². The number of rotatable bonds is 10. The van der Waals surface area contributed by atoms with E-state index >= 15 is 0 Å². The molecule has 0 aliphatic carbocycles. The SMILES string of the molecule is CCNSc1ccc(NC(=O)[C@H](Cc2ccccc2)N(CC)C(=O)c2ccc(F)cc2)cc1. The average Bonchev–Trinajstić information content (AvgIpc) is 2.84. The highest BCUT2D eigenvalue weighted by molar-refractivity contribution is 7.97. The molecule has 0 heterocycles. The number of nitrogens with zero attached hydrogens (tertiary/aromatic N) is 1. The van der Waals surface area contributed by atoms with Crippen LogP contribution in [0.2, 0.25) is 0 Å². The summed E-state index contributed by atoms with van der Waals surface area (Å²) in [7, 11) is 0. The number of anilines is 1. The second-order valence-electron chi connectivity index (χ2n) is 7.42. The van der Waals surface area contributed by atoms with Crippen molar-refractivity contribution in [2.24, 2.45) is 0 Å². The second-order valence-corrected chi connectivity index (χ2v) is 8.38. The van der Waals surface area contributed by atoms with Crippen molar-refractivity contribution in [1.29, 1.82) is 0 Å². The summed E-state index contributed by atoms with van der Waals surface area (Å²) in [6, 6.07) is 21.8. The molecule has 172 valence electrons. The first-order valence-electron chi connectivity index (χ1n) is 10.9. The molecule has 5 nitrogen and oxygen atoms in total. The van der Waals surface area contributed by atoms with Crippen molar-refractivity contribution < 1.29 is 14.0 Å². The zero-order valence-electron chi connectivity index (χ0n) is 18.8. The topological polar surface area (TPSA) is 61.4 Å². The van der Waals surface area contributed by atoms with Crippen molar-refractivity contribution in [3.63, 3.8) is 0 Å². The summed E-state index contributed by atoms with van der Waals surface area (Å²) in [5.74, 6) is -1.00. The van der Waals surface area contributed by atoms with Crippen LogP contribution in [0.25, 0.3) is 0 Å². The molecule has 3 aromatic rings. The number of hydrogen-bond donors (Lipinski definition) is 2. The zero-order valence-corrected chi connectivity index (χ0v) is 19.6. The summed E-state index contributed by atoms with van der Waals surface area (Å²) < 4.78 is 16.5. The van der Waals surface area contributed by atoms with Gasteiger partial charge in [-0.2, -0.15) is 0 Å². The molecule has 3 rings (SSSR count). The minimum absolute atomic E-state index is 0.275. The predicted molar refractivity (Wildman–Crippen MR) is 132 cm³/mol. The Kier molecular flexibility index (Phi) is 9.04. The quantitative estimate of drug-likeness (QED) is 0.406. The summed E-state index contributed by atoms with van der Waals surface area (Å²) in [5.41, 5.74) is 1.94. The third-order valence-corrected chi connectivity index (χ3v) is 6.04.